The molecular weight excluding hydrogens is 205 g/mol. The highest BCUT2D eigenvalue weighted by Gasteiger charge is 2.59. The summed E-state index contributed by atoms with van der Waals surface area (Å²) in [5.41, 5.74) is 0. The molecule has 0 aromatic carbocycles. The average Bonchev–Trinajstić information content (AvgIpc) is 1.82. The van der Waals surface area contributed by atoms with Gasteiger partial charge in [-0.15, -0.1) is 0 Å². The lowest BCUT2D eigenvalue weighted by Crippen LogP contribution is -2.43. The summed E-state index contributed by atoms with van der Waals surface area (Å²) in [6, 6.07) is 0. The Morgan fingerprint density at radius 3 is 1.46 bits per heavy atom. The van der Waals surface area contributed by atoms with Gasteiger partial charge >= 0.3 is 6.18 Å². The van der Waals surface area contributed by atoms with Crippen LogP contribution in [0.3, 0.4) is 0 Å². The molecule has 0 spiro atoms. The number of hydrogen-bond donors (Lipinski definition) is 0. The van der Waals surface area contributed by atoms with Crippen LogP contribution in [0, 0.1) is 5.92 Å². The van der Waals surface area contributed by atoms with Gasteiger partial charge in [-0.3, -0.25) is 0 Å². The van der Waals surface area contributed by atoms with Crippen LogP contribution in [0.15, 0.2) is 0 Å². The summed E-state index contributed by atoms with van der Waals surface area (Å²) in [6.45, 7) is 0.723. The van der Waals surface area contributed by atoms with Crippen molar-refractivity contribution in [2.24, 2.45) is 5.92 Å². The van der Waals surface area contributed by atoms with Crippen molar-refractivity contribution in [3.8, 4) is 0 Å². The molecule has 7 heteroatoms. The maximum absolute atomic E-state index is 12.4. The highest BCUT2D eigenvalue weighted by molar-refractivity contribution is 4.83. The van der Waals surface area contributed by atoms with Crippen LogP contribution in [-0.4, -0.2) is 18.5 Å². The lowest BCUT2D eigenvalue weighted by atomic mass is 9.99. The van der Waals surface area contributed by atoms with Crippen molar-refractivity contribution in [1.82, 2.24) is 0 Å². The number of rotatable bonds is 3. The van der Waals surface area contributed by atoms with Crippen molar-refractivity contribution < 1.29 is 30.7 Å². The van der Waals surface area contributed by atoms with Gasteiger partial charge in [-0.05, 0) is 0 Å². The van der Waals surface area contributed by atoms with Crippen molar-refractivity contribution >= 4 is 0 Å². The Balaban J connectivity index is 4.83. The first-order valence-electron chi connectivity index (χ1n) is 3.35. The molecule has 0 amide bonds. The van der Waals surface area contributed by atoms with Gasteiger partial charge in [0.25, 0.3) is 12.3 Å². The maximum atomic E-state index is 12.4. The fourth-order valence-corrected chi connectivity index (χ4v) is 0.787. The Morgan fingerprint density at radius 1 is 1.00 bits per heavy atom. The van der Waals surface area contributed by atoms with Crippen molar-refractivity contribution in [1.29, 1.82) is 0 Å². The highest BCUT2D eigenvalue weighted by Crippen LogP contribution is 2.43. The molecule has 0 heterocycles. The van der Waals surface area contributed by atoms with E-state index in [2.05, 4.69) is 0 Å². The first-order valence-corrected chi connectivity index (χ1v) is 3.35. The fourth-order valence-electron chi connectivity index (χ4n) is 0.787. The van der Waals surface area contributed by atoms with Gasteiger partial charge in [0.1, 0.15) is 0 Å². The van der Waals surface area contributed by atoms with Crippen molar-refractivity contribution in [3.05, 3.63) is 0 Å². The van der Waals surface area contributed by atoms with Gasteiger partial charge in [-0.1, -0.05) is 6.92 Å². The number of halogens is 7. The highest BCUT2D eigenvalue weighted by atomic mass is 19.4. The second kappa shape index (κ2) is 3.71. The standard InChI is InChI=1S/C6H7F7/c1-2-5(9,10)3(4(7)8)6(11,12)13/h3-4H,2H2,1H3. The van der Waals surface area contributed by atoms with E-state index in [1.807, 2.05) is 0 Å². The molecule has 0 saturated carbocycles. The van der Waals surface area contributed by atoms with Gasteiger partial charge in [0, 0.05) is 6.42 Å². The normalized spacial score (nSPS) is 16.4. The summed E-state index contributed by atoms with van der Waals surface area (Å²) in [7, 11) is 0. The molecule has 0 rings (SSSR count). The minimum Gasteiger partial charge on any atom is -0.210 e. The molecule has 0 N–H and O–H groups in total. The average molecular weight is 212 g/mol. The molecule has 0 saturated heterocycles. The Kier molecular flexibility index (Phi) is 3.57. The lowest BCUT2D eigenvalue weighted by Gasteiger charge is -2.26. The molecule has 0 aliphatic heterocycles. The Morgan fingerprint density at radius 2 is 1.38 bits per heavy atom. The van der Waals surface area contributed by atoms with E-state index in [0.29, 0.717) is 0 Å². The topological polar surface area (TPSA) is 0 Å². The quantitative estimate of drug-likeness (QED) is 0.628. The molecule has 0 aromatic rings. The van der Waals surface area contributed by atoms with E-state index in [1.54, 1.807) is 0 Å². The fraction of sp³-hybridized carbons (Fsp3) is 1.00. The second-order valence-electron chi connectivity index (χ2n) is 2.47. The SMILES string of the molecule is CCC(F)(F)C(C(F)F)C(F)(F)F. The minimum absolute atomic E-state index is 0.723. The molecule has 13 heavy (non-hydrogen) atoms. The van der Waals surface area contributed by atoms with Gasteiger partial charge in [-0.25, -0.2) is 17.6 Å². The third kappa shape index (κ3) is 3.04. The van der Waals surface area contributed by atoms with Crippen LogP contribution in [0.2, 0.25) is 0 Å². The Hall–Kier alpha value is -0.490. The van der Waals surface area contributed by atoms with Crippen LogP contribution in [0.1, 0.15) is 13.3 Å². The summed E-state index contributed by atoms with van der Waals surface area (Å²) in [6.07, 6.45) is -10.9. The second-order valence-corrected chi connectivity index (χ2v) is 2.47. The molecule has 0 bridgehead atoms. The van der Waals surface area contributed by atoms with E-state index in [4.69, 9.17) is 0 Å². The van der Waals surface area contributed by atoms with Crippen LogP contribution < -0.4 is 0 Å². The summed E-state index contributed by atoms with van der Waals surface area (Å²) >= 11 is 0. The van der Waals surface area contributed by atoms with Gasteiger partial charge in [0.2, 0.25) is 0 Å². The minimum atomic E-state index is -5.58. The summed E-state index contributed by atoms with van der Waals surface area (Å²) in [5, 5.41) is 0. The van der Waals surface area contributed by atoms with Crippen molar-refractivity contribution in [2.75, 3.05) is 0 Å². The van der Waals surface area contributed by atoms with E-state index in [0.717, 1.165) is 6.92 Å². The van der Waals surface area contributed by atoms with Gasteiger partial charge < -0.3 is 0 Å². The van der Waals surface area contributed by atoms with Gasteiger partial charge in [0.05, 0.1) is 0 Å². The van der Waals surface area contributed by atoms with Crippen LogP contribution in [0.25, 0.3) is 0 Å². The van der Waals surface area contributed by atoms with Gasteiger partial charge in [-0.2, -0.15) is 13.2 Å². The Bertz CT molecular complexity index is 159. The van der Waals surface area contributed by atoms with Crippen LogP contribution >= 0.6 is 0 Å². The molecule has 0 fully saturated rings. The van der Waals surface area contributed by atoms with Crippen molar-refractivity contribution in [2.45, 2.75) is 31.9 Å². The summed E-state index contributed by atoms with van der Waals surface area (Å²) in [5.74, 6) is -8.28. The monoisotopic (exact) mass is 212 g/mol. The third-order valence-electron chi connectivity index (χ3n) is 1.53. The predicted molar refractivity (Wildman–Crippen MR) is 30.8 cm³/mol. The zero-order chi connectivity index (χ0) is 10.9. The van der Waals surface area contributed by atoms with Crippen LogP contribution in [-0.2, 0) is 0 Å². The molecular formula is C6H7F7. The van der Waals surface area contributed by atoms with E-state index in [9.17, 15) is 30.7 Å². The van der Waals surface area contributed by atoms with Gasteiger partial charge in [0.15, 0.2) is 5.92 Å². The summed E-state index contributed by atoms with van der Waals surface area (Å²) < 4.78 is 83.2. The molecule has 0 nitrogen and oxygen atoms in total. The summed E-state index contributed by atoms with van der Waals surface area (Å²) in [4.78, 5) is 0. The first kappa shape index (κ1) is 12.5. The smallest absolute Gasteiger partial charge is 0.210 e. The largest absolute Gasteiger partial charge is 0.403 e. The molecule has 0 radical (unpaired) electrons. The predicted octanol–water partition coefficient (Wildman–Crippen LogP) is 3.48. The lowest BCUT2D eigenvalue weighted by molar-refractivity contribution is -0.272. The van der Waals surface area contributed by atoms with Crippen molar-refractivity contribution in [3.63, 3.8) is 0 Å². The maximum Gasteiger partial charge on any atom is 0.403 e. The zero-order valence-electron chi connectivity index (χ0n) is 6.51. The van der Waals surface area contributed by atoms with Crippen LogP contribution in [0.5, 0.6) is 0 Å². The first-order chi connectivity index (χ1) is 5.63. The Labute approximate surface area is 69.7 Å². The van der Waals surface area contributed by atoms with Crippen LogP contribution in [0.4, 0.5) is 30.7 Å². The molecule has 1 unspecified atom stereocenters. The van der Waals surface area contributed by atoms with E-state index in [-0.39, 0.29) is 0 Å². The van der Waals surface area contributed by atoms with E-state index in [1.165, 1.54) is 0 Å². The molecule has 80 valence electrons. The number of hydrogen-bond acceptors (Lipinski definition) is 0. The zero-order valence-corrected chi connectivity index (χ0v) is 6.51. The molecule has 0 aromatic heterocycles. The van der Waals surface area contributed by atoms with E-state index >= 15 is 0 Å². The van der Waals surface area contributed by atoms with E-state index < -0.39 is 30.9 Å². The molecule has 1 atom stereocenters. The molecule has 0 aliphatic carbocycles. The number of alkyl halides is 7. The molecule has 0 aliphatic rings. The third-order valence-corrected chi connectivity index (χ3v) is 1.53.